The first-order chi connectivity index (χ1) is 7.84. The van der Waals surface area contributed by atoms with E-state index in [2.05, 4.69) is 36.7 Å². The molecule has 0 heterocycles. The molecule has 3 heteroatoms. The van der Waals surface area contributed by atoms with Crippen LogP contribution in [0.3, 0.4) is 0 Å². The van der Waals surface area contributed by atoms with E-state index in [0.29, 0.717) is 17.5 Å². The number of aryl methyl sites for hydroxylation is 1. The Bertz CT molecular complexity index is 371. The monoisotopic (exact) mass is 318 g/mol. The maximum absolute atomic E-state index is 6.13. The quantitative estimate of drug-likeness (QED) is 0.703. The molecule has 1 nitrogen and oxygen atoms in total. The maximum Gasteiger partial charge on any atom is 0.137 e. The Labute approximate surface area is 118 Å². The molecule has 96 valence electrons. The molecule has 0 N–H and O–H groups in total. The van der Waals surface area contributed by atoms with Crippen LogP contribution in [0.2, 0.25) is 5.02 Å². The van der Waals surface area contributed by atoms with E-state index in [9.17, 15) is 0 Å². The summed E-state index contributed by atoms with van der Waals surface area (Å²) in [6, 6.07) is 5.88. The second-order valence-corrected chi connectivity index (χ2v) is 6.52. The van der Waals surface area contributed by atoms with Crippen LogP contribution in [0.25, 0.3) is 0 Å². The van der Waals surface area contributed by atoms with Gasteiger partial charge in [-0.15, -0.1) is 0 Å². The first-order valence-electron chi connectivity index (χ1n) is 5.79. The van der Waals surface area contributed by atoms with Crippen LogP contribution in [0.4, 0.5) is 0 Å². The molecule has 0 saturated carbocycles. The lowest BCUT2D eigenvalue weighted by atomic mass is 9.83. The Morgan fingerprint density at radius 2 is 2.00 bits per heavy atom. The lowest BCUT2D eigenvalue weighted by molar-refractivity contribution is 0.166. The average Bonchev–Trinajstić information content (AvgIpc) is 2.19. The highest BCUT2D eigenvalue weighted by Crippen LogP contribution is 2.30. The first-order valence-corrected chi connectivity index (χ1v) is 7.29. The van der Waals surface area contributed by atoms with Crippen LogP contribution < -0.4 is 4.74 Å². The van der Waals surface area contributed by atoms with Gasteiger partial charge < -0.3 is 4.74 Å². The van der Waals surface area contributed by atoms with Gasteiger partial charge in [-0.2, -0.15) is 0 Å². The largest absolute Gasteiger partial charge is 0.492 e. The number of hydrogen-bond donors (Lipinski definition) is 0. The summed E-state index contributed by atoms with van der Waals surface area (Å²) in [5.74, 6) is 1.23. The summed E-state index contributed by atoms with van der Waals surface area (Å²) in [5, 5.41) is 1.62. The van der Waals surface area contributed by atoms with Crippen molar-refractivity contribution in [2.45, 2.75) is 27.7 Å². The van der Waals surface area contributed by atoms with E-state index in [1.165, 1.54) is 0 Å². The van der Waals surface area contributed by atoms with Crippen molar-refractivity contribution in [3.8, 4) is 5.75 Å². The summed E-state index contributed by atoms with van der Waals surface area (Å²) in [5.41, 5.74) is 1.37. The molecular formula is C14H20BrClO. The fourth-order valence-electron chi connectivity index (χ4n) is 1.44. The molecular weight excluding hydrogens is 300 g/mol. The molecule has 17 heavy (non-hydrogen) atoms. The molecule has 1 unspecified atom stereocenters. The molecule has 0 aromatic heterocycles. The zero-order chi connectivity index (χ0) is 13.1. The first kappa shape index (κ1) is 14.8. The highest BCUT2D eigenvalue weighted by atomic mass is 79.9. The Morgan fingerprint density at radius 1 is 1.35 bits per heavy atom. The molecule has 1 rings (SSSR count). The summed E-state index contributed by atoms with van der Waals surface area (Å²) < 4.78 is 5.81. The van der Waals surface area contributed by atoms with Crippen molar-refractivity contribution < 1.29 is 4.74 Å². The summed E-state index contributed by atoms with van der Waals surface area (Å²) in [6.45, 7) is 9.36. The number of benzene rings is 1. The summed E-state index contributed by atoms with van der Waals surface area (Å²) in [4.78, 5) is 0. The molecule has 1 aromatic carbocycles. The van der Waals surface area contributed by atoms with Crippen LogP contribution in [0.1, 0.15) is 26.3 Å². The molecule has 0 spiro atoms. The SMILES string of the molecule is Cc1ccc(OCC(CBr)C(C)(C)C)c(Cl)c1. The van der Waals surface area contributed by atoms with Crippen molar-refractivity contribution in [3.05, 3.63) is 28.8 Å². The molecule has 0 bridgehead atoms. The molecule has 0 radical (unpaired) electrons. The lowest BCUT2D eigenvalue weighted by Gasteiger charge is -2.29. The van der Waals surface area contributed by atoms with Gasteiger partial charge in [-0.05, 0) is 30.0 Å². The van der Waals surface area contributed by atoms with Crippen LogP contribution >= 0.6 is 27.5 Å². The Morgan fingerprint density at radius 3 is 2.47 bits per heavy atom. The average molecular weight is 320 g/mol. The van der Waals surface area contributed by atoms with Crippen molar-refractivity contribution in [3.63, 3.8) is 0 Å². The van der Waals surface area contributed by atoms with Gasteiger partial charge in [0, 0.05) is 11.2 Å². The third-order valence-electron chi connectivity index (χ3n) is 2.94. The third kappa shape index (κ3) is 4.51. The fourth-order valence-corrected chi connectivity index (χ4v) is 2.89. The van der Waals surface area contributed by atoms with E-state index in [0.717, 1.165) is 16.6 Å². The van der Waals surface area contributed by atoms with Crippen molar-refractivity contribution in [1.82, 2.24) is 0 Å². The second kappa shape index (κ2) is 6.10. The highest BCUT2D eigenvalue weighted by molar-refractivity contribution is 9.09. The van der Waals surface area contributed by atoms with Crippen LogP contribution in [0.15, 0.2) is 18.2 Å². The fraction of sp³-hybridized carbons (Fsp3) is 0.571. The van der Waals surface area contributed by atoms with E-state index in [1.807, 2.05) is 25.1 Å². The van der Waals surface area contributed by atoms with Crippen LogP contribution in [0, 0.1) is 18.3 Å². The number of alkyl halides is 1. The minimum atomic E-state index is 0.223. The number of hydrogen-bond acceptors (Lipinski definition) is 1. The minimum absolute atomic E-state index is 0.223. The van der Waals surface area contributed by atoms with Gasteiger partial charge in [0.1, 0.15) is 5.75 Å². The molecule has 1 atom stereocenters. The summed E-state index contributed by atoms with van der Waals surface area (Å²) >= 11 is 9.68. The third-order valence-corrected chi connectivity index (χ3v) is 4.02. The van der Waals surface area contributed by atoms with Gasteiger partial charge in [0.15, 0.2) is 0 Å². The van der Waals surface area contributed by atoms with Crippen molar-refractivity contribution in [1.29, 1.82) is 0 Å². The molecule has 1 aromatic rings. The number of rotatable bonds is 4. The van der Waals surface area contributed by atoms with Crippen LogP contribution in [-0.2, 0) is 0 Å². The summed E-state index contributed by atoms with van der Waals surface area (Å²) in [7, 11) is 0. The van der Waals surface area contributed by atoms with Gasteiger partial charge >= 0.3 is 0 Å². The van der Waals surface area contributed by atoms with Gasteiger partial charge in [-0.1, -0.05) is 54.4 Å². The second-order valence-electron chi connectivity index (χ2n) is 5.46. The molecule has 0 fully saturated rings. The van der Waals surface area contributed by atoms with Crippen molar-refractivity contribution in [2.75, 3.05) is 11.9 Å². The molecule has 0 saturated heterocycles. The molecule has 0 amide bonds. The van der Waals surface area contributed by atoms with E-state index in [4.69, 9.17) is 16.3 Å². The zero-order valence-corrected chi connectivity index (χ0v) is 13.2. The van der Waals surface area contributed by atoms with E-state index < -0.39 is 0 Å². The Hall–Kier alpha value is -0.210. The van der Waals surface area contributed by atoms with Crippen LogP contribution in [0.5, 0.6) is 5.75 Å². The van der Waals surface area contributed by atoms with Gasteiger partial charge in [-0.25, -0.2) is 0 Å². The lowest BCUT2D eigenvalue weighted by Crippen LogP contribution is -2.27. The maximum atomic E-state index is 6.13. The van der Waals surface area contributed by atoms with Crippen molar-refractivity contribution in [2.24, 2.45) is 11.3 Å². The number of halogens is 2. The summed E-state index contributed by atoms with van der Waals surface area (Å²) in [6.07, 6.45) is 0. The highest BCUT2D eigenvalue weighted by Gasteiger charge is 2.24. The smallest absolute Gasteiger partial charge is 0.137 e. The zero-order valence-electron chi connectivity index (χ0n) is 10.9. The van der Waals surface area contributed by atoms with Gasteiger partial charge in [0.05, 0.1) is 11.6 Å². The van der Waals surface area contributed by atoms with Gasteiger partial charge in [0.25, 0.3) is 0 Å². The molecule has 0 aliphatic carbocycles. The number of ether oxygens (including phenoxy) is 1. The van der Waals surface area contributed by atoms with E-state index in [-0.39, 0.29) is 5.41 Å². The van der Waals surface area contributed by atoms with Crippen LogP contribution in [-0.4, -0.2) is 11.9 Å². The van der Waals surface area contributed by atoms with Crippen molar-refractivity contribution >= 4 is 27.5 Å². The van der Waals surface area contributed by atoms with E-state index in [1.54, 1.807) is 0 Å². The van der Waals surface area contributed by atoms with Gasteiger partial charge in [-0.3, -0.25) is 0 Å². The minimum Gasteiger partial charge on any atom is -0.492 e. The predicted molar refractivity (Wildman–Crippen MR) is 78.4 cm³/mol. The molecule has 0 aliphatic rings. The van der Waals surface area contributed by atoms with Gasteiger partial charge in [0.2, 0.25) is 0 Å². The predicted octanol–water partition coefficient (Wildman–Crippen LogP) is 5.08. The normalized spacial score (nSPS) is 13.5. The Balaban J connectivity index is 2.66. The molecule has 0 aliphatic heterocycles. The standard InChI is InChI=1S/C14H20BrClO/c1-10-5-6-13(12(16)7-10)17-9-11(8-15)14(2,3)4/h5-7,11H,8-9H2,1-4H3. The Kier molecular flexibility index (Phi) is 5.33. The topological polar surface area (TPSA) is 9.23 Å². The van der Waals surface area contributed by atoms with E-state index >= 15 is 0 Å².